The Labute approximate surface area is 91.3 Å². The molecule has 1 fully saturated rings. The summed E-state index contributed by atoms with van der Waals surface area (Å²) in [5.74, 6) is 0. The summed E-state index contributed by atoms with van der Waals surface area (Å²) >= 11 is 0. The summed E-state index contributed by atoms with van der Waals surface area (Å²) in [5.41, 5.74) is 2.58. The summed E-state index contributed by atoms with van der Waals surface area (Å²) in [7, 11) is 0. The smallest absolute Gasteiger partial charge is 0.0693 e. The Morgan fingerprint density at radius 2 is 2.00 bits per heavy atom. The van der Waals surface area contributed by atoms with E-state index in [0.29, 0.717) is 6.04 Å². The first-order chi connectivity index (χ1) is 7.25. The molecule has 0 bridgehead atoms. The number of rotatable bonds is 3. The van der Waals surface area contributed by atoms with Gasteiger partial charge in [-0.3, -0.25) is 0 Å². The minimum absolute atomic E-state index is 0.143. The number of nitrogens with one attached hydrogen (secondary N) is 1. The van der Waals surface area contributed by atoms with Gasteiger partial charge in [0.25, 0.3) is 0 Å². The molecule has 2 N–H and O–H groups in total. The number of benzene rings is 1. The maximum absolute atomic E-state index is 9.65. The van der Waals surface area contributed by atoms with Crippen molar-refractivity contribution < 1.29 is 5.11 Å². The third kappa shape index (κ3) is 2.80. The second kappa shape index (κ2) is 4.77. The molecule has 0 radical (unpaired) electrons. The molecule has 1 saturated carbocycles. The first-order valence-electron chi connectivity index (χ1n) is 5.73. The van der Waals surface area contributed by atoms with Gasteiger partial charge in [-0.25, -0.2) is 0 Å². The van der Waals surface area contributed by atoms with Gasteiger partial charge >= 0.3 is 0 Å². The van der Waals surface area contributed by atoms with Crippen molar-refractivity contribution in [3.63, 3.8) is 0 Å². The van der Waals surface area contributed by atoms with Gasteiger partial charge in [-0.15, -0.1) is 0 Å². The molecule has 2 heteroatoms. The number of hydrogen-bond donors (Lipinski definition) is 2. The first-order valence-corrected chi connectivity index (χ1v) is 5.73. The van der Waals surface area contributed by atoms with Crippen molar-refractivity contribution in [3.05, 3.63) is 35.4 Å². The predicted octanol–water partition coefficient (Wildman–Crippen LogP) is 2.00. The molecule has 1 aliphatic rings. The van der Waals surface area contributed by atoms with Gasteiger partial charge in [-0.2, -0.15) is 0 Å². The highest BCUT2D eigenvalue weighted by Gasteiger charge is 2.24. The first kappa shape index (κ1) is 10.7. The molecule has 1 aliphatic carbocycles. The van der Waals surface area contributed by atoms with E-state index in [1.54, 1.807) is 0 Å². The van der Waals surface area contributed by atoms with Crippen molar-refractivity contribution >= 4 is 0 Å². The Balaban J connectivity index is 1.85. The summed E-state index contributed by atoms with van der Waals surface area (Å²) in [6, 6.07) is 8.84. The summed E-state index contributed by atoms with van der Waals surface area (Å²) in [6.45, 7) is 2.96. The van der Waals surface area contributed by atoms with Crippen LogP contribution < -0.4 is 5.32 Å². The van der Waals surface area contributed by atoms with Gasteiger partial charge in [-0.05, 0) is 31.7 Å². The molecule has 2 atom stereocenters. The van der Waals surface area contributed by atoms with Crippen LogP contribution >= 0.6 is 0 Å². The highest BCUT2D eigenvalue weighted by atomic mass is 16.3. The van der Waals surface area contributed by atoms with Crippen molar-refractivity contribution in [2.24, 2.45) is 0 Å². The fourth-order valence-electron chi connectivity index (χ4n) is 2.13. The van der Waals surface area contributed by atoms with E-state index in [1.807, 2.05) is 0 Å². The van der Waals surface area contributed by atoms with Crippen molar-refractivity contribution in [2.45, 2.75) is 44.9 Å². The SMILES string of the molecule is Cc1ccc(CN[C@H]2CCC[C@@H]2O)cc1. The summed E-state index contributed by atoms with van der Waals surface area (Å²) < 4.78 is 0. The molecule has 82 valence electrons. The molecule has 0 amide bonds. The van der Waals surface area contributed by atoms with E-state index in [0.717, 1.165) is 25.8 Å². The number of hydrogen-bond acceptors (Lipinski definition) is 2. The molecule has 0 saturated heterocycles. The minimum Gasteiger partial charge on any atom is -0.392 e. The third-order valence-corrected chi connectivity index (χ3v) is 3.17. The quantitative estimate of drug-likeness (QED) is 0.791. The largest absolute Gasteiger partial charge is 0.392 e. The van der Waals surface area contributed by atoms with Crippen LogP contribution in [0.15, 0.2) is 24.3 Å². The van der Waals surface area contributed by atoms with E-state index in [-0.39, 0.29) is 6.10 Å². The molecule has 0 aliphatic heterocycles. The van der Waals surface area contributed by atoms with Crippen molar-refractivity contribution in [2.75, 3.05) is 0 Å². The van der Waals surface area contributed by atoms with Crippen molar-refractivity contribution in [1.29, 1.82) is 0 Å². The Morgan fingerprint density at radius 3 is 2.60 bits per heavy atom. The average molecular weight is 205 g/mol. The van der Waals surface area contributed by atoms with Crippen LogP contribution in [0.4, 0.5) is 0 Å². The standard InChI is InChI=1S/C13H19NO/c1-10-5-7-11(8-6-10)9-14-12-3-2-4-13(12)15/h5-8,12-15H,2-4,9H2,1H3/t12-,13-/m0/s1. The summed E-state index contributed by atoms with van der Waals surface area (Å²) in [6.07, 6.45) is 3.06. The summed E-state index contributed by atoms with van der Waals surface area (Å²) in [4.78, 5) is 0. The fourth-order valence-corrected chi connectivity index (χ4v) is 2.13. The Hall–Kier alpha value is -0.860. The zero-order valence-corrected chi connectivity index (χ0v) is 9.24. The second-order valence-corrected chi connectivity index (χ2v) is 4.47. The number of aliphatic hydroxyl groups is 1. The van der Waals surface area contributed by atoms with Gasteiger partial charge in [-0.1, -0.05) is 29.8 Å². The van der Waals surface area contributed by atoms with Crippen LogP contribution in [0.2, 0.25) is 0 Å². The monoisotopic (exact) mass is 205 g/mol. The van der Waals surface area contributed by atoms with E-state index in [4.69, 9.17) is 0 Å². The summed E-state index contributed by atoms with van der Waals surface area (Å²) in [5, 5.41) is 13.1. The maximum Gasteiger partial charge on any atom is 0.0693 e. The van der Waals surface area contributed by atoms with Crippen LogP contribution in [0.25, 0.3) is 0 Å². The minimum atomic E-state index is -0.143. The maximum atomic E-state index is 9.65. The Kier molecular flexibility index (Phi) is 3.39. The lowest BCUT2D eigenvalue weighted by Crippen LogP contribution is -2.34. The highest BCUT2D eigenvalue weighted by Crippen LogP contribution is 2.19. The van der Waals surface area contributed by atoms with Crippen LogP contribution in [0.3, 0.4) is 0 Å². The zero-order chi connectivity index (χ0) is 10.7. The van der Waals surface area contributed by atoms with E-state index < -0.39 is 0 Å². The van der Waals surface area contributed by atoms with Gasteiger partial charge in [0.1, 0.15) is 0 Å². The van der Waals surface area contributed by atoms with Gasteiger partial charge in [0, 0.05) is 12.6 Å². The van der Waals surface area contributed by atoms with E-state index in [2.05, 4.69) is 36.5 Å². The predicted molar refractivity (Wildman–Crippen MR) is 61.7 cm³/mol. The Bertz CT molecular complexity index is 307. The van der Waals surface area contributed by atoms with Crippen LogP contribution in [0.5, 0.6) is 0 Å². The number of aryl methyl sites for hydroxylation is 1. The zero-order valence-electron chi connectivity index (χ0n) is 9.24. The molecule has 1 aromatic carbocycles. The molecule has 2 rings (SSSR count). The average Bonchev–Trinajstić information content (AvgIpc) is 2.63. The van der Waals surface area contributed by atoms with Crippen LogP contribution in [-0.2, 0) is 6.54 Å². The molecule has 0 aromatic heterocycles. The van der Waals surface area contributed by atoms with Crippen LogP contribution in [0, 0.1) is 6.92 Å². The van der Waals surface area contributed by atoms with Gasteiger partial charge in [0.15, 0.2) is 0 Å². The lowest BCUT2D eigenvalue weighted by molar-refractivity contribution is 0.148. The molecular formula is C13H19NO. The Morgan fingerprint density at radius 1 is 1.27 bits per heavy atom. The van der Waals surface area contributed by atoms with Crippen molar-refractivity contribution in [1.82, 2.24) is 5.32 Å². The molecular weight excluding hydrogens is 186 g/mol. The van der Waals surface area contributed by atoms with E-state index >= 15 is 0 Å². The molecule has 0 heterocycles. The second-order valence-electron chi connectivity index (χ2n) is 4.47. The van der Waals surface area contributed by atoms with Crippen LogP contribution in [0.1, 0.15) is 30.4 Å². The molecule has 15 heavy (non-hydrogen) atoms. The molecule has 0 unspecified atom stereocenters. The lowest BCUT2D eigenvalue weighted by atomic mass is 10.1. The highest BCUT2D eigenvalue weighted by molar-refractivity contribution is 5.21. The number of aliphatic hydroxyl groups excluding tert-OH is 1. The topological polar surface area (TPSA) is 32.3 Å². The molecule has 2 nitrogen and oxygen atoms in total. The van der Waals surface area contributed by atoms with Crippen molar-refractivity contribution in [3.8, 4) is 0 Å². The van der Waals surface area contributed by atoms with E-state index in [1.165, 1.54) is 11.1 Å². The van der Waals surface area contributed by atoms with Gasteiger partial charge in [0.2, 0.25) is 0 Å². The normalized spacial score (nSPS) is 25.7. The van der Waals surface area contributed by atoms with Gasteiger partial charge in [0.05, 0.1) is 6.10 Å². The molecule has 1 aromatic rings. The van der Waals surface area contributed by atoms with Crippen LogP contribution in [-0.4, -0.2) is 17.3 Å². The lowest BCUT2D eigenvalue weighted by Gasteiger charge is -2.16. The van der Waals surface area contributed by atoms with Gasteiger partial charge < -0.3 is 10.4 Å². The third-order valence-electron chi connectivity index (χ3n) is 3.17. The fraction of sp³-hybridized carbons (Fsp3) is 0.538. The molecule has 0 spiro atoms. The van der Waals surface area contributed by atoms with E-state index in [9.17, 15) is 5.11 Å².